The zero-order valence-corrected chi connectivity index (χ0v) is 9.36. The Kier molecular flexibility index (Phi) is 2.86. The van der Waals surface area contributed by atoms with Crippen LogP contribution in [0, 0.1) is 6.92 Å². The topological polar surface area (TPSA) is 38.7 Å². The highest BCUT2D eigenvalue weighted by Gasteiger charge is 2.21. The summed E-state index contributed by atoms with van der Waals surface area (Å²) in [6.45, 7) is 3.93. The Balaban J connectivity index is 2.28. The predicted octanol–water partition coefficient (Wildman–Crippen LogP) is 2.70. The van der Waals surface area contributed by atoms with Crippen LogP contribution in [0.2, 0.25) is 0 Å². The second-order valence-electron chi connectivity index (χ2n) is 3.69. The van der Waals surface area contributed by atoms with Crippen molar-refractivity contribution in [1.29, 1.82) is 0 Å². The summed E-state index contributed by atoms with van der Waals surface area (Å²) in [6, 6.07) is 7.90. The fourth-order valence-electron chi connectivity index (χ4n) is 1.43. The van der Waals surface area contributed by atoms with Gasteiger partial charge in [-0.15, -0.1) is 0 Å². The first kappa shape index (κ1) is 10.6. The van der Waals surface area contributed by atoms with Gasteiger partial charge in [-0.2, -0.15) is 0 Å². The summed E-state index contributed by atoms with van der Waals surface area (Å²) < 4.78 is 4.96. The molecule has 0 aliphatic carbocycles. The summed E-state index contributed by atoms with van der Waals surface area (Å²) >= 11 is 0. The Morgan fingerprint density at radius 1 is 1.31 bits per heavy atom. The van der Waals surface area contributed by atoms with Crippen LogP contribution in [-0.2, 0) is 9.53 Å². The third kappa shape index (κ3) is 2.19. The number of benzene rings is 1. The van der Waals surface area contributed by atoms with Gasteiger partial charge in [-0.1, -0.05) is 36.8 Å². The molecule has 1 aromatic rings. The van der Waals surface area contributed by atoms with Crippen LogP contribution in [0.3, 0.4) is 0 Å². The van der Waals surface area contributed by atoms with E-state index in [1.807, 2.05) is 38.1 Å². The van der Waals surface area contributed by atoms with Gasteiger partial charge in [-0.3, -0.25) is 0 Å². The first-order valence-electron chi connectivity index (χ1n) is 5.27. The molecule has 0 fully saturated rings. The number of aliphatic imine (C=N–C) groups is 1. The molecule has 0 radical (unpaired) electrons. The van der Waals surface area contributed by atoms with Gasteiger partial charge in [0.15, 0.2) is 11.6 Å². The van der Waals surface area contributed by atoms with Gasteiger partial charge in [-0.05, 0) is 18.6 Å². The number of hydrogen-bond donors (Lipinski definition) is 0. The van der Waals surface area contributed by atoms with Crippen molar-refractivity contribution in [2.75, 3.05) is 0 Å². The average molecular weight is 215 g/mol. The molecule has 1 aliphatic heterocycles. The van der Waals surface area contributed by atoms with Crippen LogP contribution < -0.4 is 0 Å². The van der Waals surface area contributed by atoms with Crippen LogP contribution in [-0.4, -0.2) is 11.9 Å². The fourth-order valence-corrected chi connectivity index (χ4v) is 1.43. The second-order valence-corrected chi connectivity index (χ2v) is 3.69. The number of rotatable bonds is 2. The fraction of sp³-hybridized carbons (Fsp3) is 0.231. The minimum atomic E-state index is -0.363. The van der Waals surface area contributed by atoms with Gasteiger partial charge in [0.2, 0.25) is 0 Å². The summed E-state index contributed by atoms with van der Waals surface area (Å²) in [5.74, 6) is 0.126. The minimum Gasteiger partial charge on any atom is -0.407 e. The molecule has 1 heterocycles. The SMILES string of the molecule is CCC1=NC(=Cc2ccc(C)cc2)C(=O)O1. The zero-order chi connectivity index (χ0) is 11.5. The molecule has 1 aliphatic rings. The maximum Gasteiger partial charge on any atom is 0.363 e. The quantitative estimate of drug-likeness (QED) is 0.562. The highest BCUT2D eigenvalue weighted by molar-refractivity contribution is 6.07. The number of ether oxygens (including phenoxy) is 1. The molecule has 0 bridgehead atoms. The van der Waals surface area contributed by atoms with Gasteiger partial charge < -0.3 is 4.74 Å². The van der Waals surface area contributed by atoms with E-state index in [1.54, 1.807) is 6.08 Å². The molecule has 16 heavy (non-hydrogen) atoms. The lowest BCUT2D eigenvalue weighted by Gasteiger charge is -1.95. The van der Waals surface area contributed by atoms with Gasteiger partial charge in [0.05, 0.1) is 0 Å². The third-order valence-corrected chi connectivity index (χ3v) is 2.35. The molecule has 82 valence electrons. The molecule has 0 aromatic heterocycles. The highest BCUT2D eigenvalue weighted by atomic mass is 16.6. The predicted molar refractivity (Wildman–Crippen MR) is 63.0 cm³/mol. The molecule has 0 atom stereocenters. The van der Waals surface area contributed by atoms with Gasteiger partial charge in [0, 0.05) is 6.42 Å². The van der Waals surface area contributed by atoms with Crippen molar-refractivity contribution in [3.05, 3.63) is 41.1 Å². The Morgan fingerprint density at radius 3 is 2.56 bits per heavy atom. The van der Waals surface area contributed by atoms with E-state index in [1.165, 1.54) is 5.56 Å². The second kappa shape index (κ2) is 4.31. The summed E-state index contributed by atoms with van der Waals surface area (Å²) in [5, 5.41) is 0. The molecule has 0 amide bonds. The van der Waals surface area contributed by atoms with Gasteiger partial charge in [0.1, 0.15) is 0 Å². The first-order valence-corrected chi connectivity index (χ1v) is 5.27. The smallest absolute Gasteiger partial charge is 0.363 e. The monoisotopic (exact) mass is 215 g/mol. The molecule has 3 heteroatoms. The molecule has 0 saturated heterocycles. The van der Waals surface area contributed by atoms with Crippen molar-refractivity contribution in [1.82, 2.24) is 0 Å². The van der Waals surface area contributed by atoms with Crippen molar-refractivity contribution in [2.24, 2.45) is 4.99 Å². The van der Waals surface area contributed by atoms with Crippen molar-refractivity contribution in [3.63, 3.8) is 0 Å². The van der Waals surface area contributed by atoms with Crippen LogP contribution in [0.5, 0.6) is 0 Å². The van der Waals surface area contributed by atoms with E-state index in [2.05, 4.69) is 4.99 Å². The Hall–Kier alpha value is -1.90. The van der Waals surface area contributed by atoms with Crippen molar-refractivity contribution in [2.45, 2.75) is 20.3 Å². The summed E-state index contributed by atoms with van der Waals surface area (Å²) in [6.07, 6.45) is 2.38. The summed E-state index contributed by atoms with van der Waals surface area (Å²) in [4.78, 5) is 15.5. The Morgan fingerprint density at radius 2 is 2.00 bits per heavy atom. The van der Waals surface area contributed by atoms with Gasteiger partial charge in [-0.25, -0.2) is 9.79 Å². The van der Waals surface area contributed by atoms with E-state index < -0.39 is 0 Å². The standard InChI is InChI=1S/C13H13NO2/c1-3-12-14-11(13(15)16-12)8-10-6-4-9(2)5-7-10/h4-8H,3H2,1-2H3. The lowest BCUT2D eigenvalue weighted by Crippen LogP contribution is -2.02. The molecule has 3 nitrogen and oxygen atoms in total. The summed E-state index contributed by atoms with van der Waals surface area (Å²) in [7, 11) is 0. The molecular formula is C13H13NO2. The van der Waals surface area contributed by atoms with Crippen molar-refractivity contribution in [3.8, 4) is 0 Å². The van der Waals surface area contributed by atoms with E-state index >= 15 is 0 Å². The van der Waals surface area contributed by atoms with Gasteiger partial charge in [0.25, 0.3) is 0 Å². The van der Waals surface area contributed by atoms with E-state index in [0.29, 0.717) is 18.0 Å². The first-order chi connectivity index (χ1) is 7.69. The van der Waals surface area contributed by atoms with Crippen molar-refractivity contribution < 1.29 is 9.53 Å². The molecule has 1 aromatic carbocycles. The van der Waals surface area contributed by atoms with E-state index in [4.69, 9.17) is 4.74 Å². The molecule has 0 saturated carbocycles. The van der Waals surface area contributed by atoms with Crippen LogP contribution in [0.15, 0.2) is 35.0 Å². The molecule has 2 rings (SSSR count). The van der Waals surface area contributed by atoms with E-state index in [-0.39, 0.29) is 5.97 Å². The average Bonchev–Trinajstić information content (AvgIpc) is 2.63. The molecule has 0 unspecified atom stereocenters. The van der Waals surface area contributed by atoms with E-state index in [0.717, 1.165) is 5.56 Å². The largest absolute Gasteiger partial charge is 0.407 e. The zero-order valence-electron chi connectivity index (χ0n) is 9.36. The minimum absolute atomic E-state index is 0.363. The number of carbonyl (C=O) groups is 1. The number of carbonyl (C=O) groups excluding carboxylic acids is 1. The lowest BCUT2D eigenvalue weighted by molar-refractivity contribution is -0.130. The van der Waals surface area contributed by atoms with Crippen LogP contribution >= 0.6 is 0 Å². The number of hydrogen-bond acceptors (Lipinski definition) is 3. The van der Waals surface area contributed by atoms with E-state index in [9.17, 15) is 4.79 Å². The number of aryl methyl sites for hydroxylation is 1. The summed E-state index contributed by atoms with van der Waals surface area (Å²) in [5.41, 5.74) is 2.52. The normalized spacial score (nSPS) is 17.5. The number of cyclic esters (lactones) is 1. The molecule has 0 spiro atoms. The van der Waals surface area contributed by atoms with Crippen LogP contribution in [0.25, 0.3) is 6.08 Å². The van der Waals surface area contributed by atoms with Crippen LogP contribution in [0.1, 0.15) is 24.5 Å². The highest BCUT2D eigenvalue weighted by Crippen LogP contribution is 2.16. The van der Waals surface area contributed by atoms with Crippen LogP contribution in [0.4, 0.5) is 0 Å². The lowest BCUT2D eigenvalue weighted by atomic mass is 10.1. The Labute approximate surface area is 94.5 Å². The number of esters is 1. The Bertz CT molecular complexity index is 469. The maximum atomic E-state index is 11.4. The molecule has 0 N–H and O–H groups in total. The van der Waals surface area contributed by atoms with Gasteiger partial charge >= 0.3 is 5.97 Å². The van der Waals surface area contributed by atoms with Crippen molar-refractivity contribution >= 4 is 17.9 Å². The number of nitrogens with zero attached hydrogens (tertiary/aromatic N) is 1. The maximum absolute atomic E-state index is 11.4. The third-order valence-electron chi connectivity index (χ3n) is 2.35. The molecular weight excluding hydrogens is 202 g/mol.